The number of nitrogens with two attached hydrogens (primary N) is 1. The number of aliphatic hydroxyl groups excluding tert-OH is 1. The molecule has 0 saturated heterocycles. The molecule has 0 aromatic heterocycles. The van der Waals surface area contributed by atoms with E-state index in [4.69, 9.17) is 5.73 Å². The smallest absolute Gasteiger partial charge is 0.0611 e. The van der Waals surface area contributed by atoms with Crippen LogP contribution in [0.2, 0.25) is 0 Å². The fourth-order valence-electron chi connectivity index (χ4n) is 2.14. The van der Waals surface area contributed by atoms with Crippen LogP contribution in [-0.4, -0.2) is 41.8 Å². The Hall–Kier alpha value is -0.120. The molecule has 0 aromatic rings. The second kappa shape index (κ2) is 4.40. The van der Waals surface area contributed by atoms with Crippen LogP contribution in [0.4, 0.5) is 0 Å². The van der Waals surface area contributed by atoms with E-state index in [1.54, 1.807) is 0 Å². The molecule has 1 aliphatic carbocycles. The van der Waals surface area contributed by atoms with E-state index in [2.05, 4.69) is 18.9 Å². The lowest BCUT2D eigenvalue weighted by Gasteiger charge is -2.40. The Morgan fingerprint density at radius 1 is 1.62 bits per heavy atom. The van der Waals surface area contributed by atoms with E-state index >= 15 is 0 Å². The van der Waals surface area contributed by atoms with Crippen molar-refractivity contribution in [3.63, 3.8) is 0 Å². The maximum Gasteiger partial charge on any atom is 0.0611 e. The third-order valence-corrected chi connectivity index (χ3v) is 3.29. The molecule has 1 fully saturated rings. The van der Waals surface area contributed by atoms with E-state index in [-0.39, 0.29) is 12.1 Å². The largest absolute Gasteiger partial charge is 0.394 e. The summed E-state index contributed by atoms with van der Waals surface area (Å²) in [4.78, 5) is 2.33. The molecule has 2 unspecified atom stereocenters. The average molecular weight is 186 g/mol. The monoisotopic (exact) mass is 186 g/mol. The molecule has 13 heavy (non-hydrogen) atoms. The number of aliphatic hydroxyl groups is 1. The fraction of sp³-hybridized carbons (Fsp3) is 1.00. The van der Waals surface area contributed by atoms with Crippen LogP contribution in [0.5, 0.6) is 0 Å². The summed E-state index contributed by atoms with van der Waals surface area (Å²) in [6.07, 6.45) is 4.28. The third kappa shape index (κ3) is 2.66. The minimum Gasteiger partial charge on any atom is -0.394 e. The molecule has 0 amide bonds. The Labute approximate surface area is 80.9 Å². The lowest BCUT2D eigenvalue weighted by Crippen LogP contribution is -2.52. The van der Waals surface area contributed by atoms with Gasteiger partial charge in [0.15, 0.2) is 0 Å². The van der Waals surface area contributed by atoms with Gasteiger partial charge in [-0.15, -0.1) is 0 Å². The maximum absolute atomic E-state index is 9.18. The first kappa shape index (κ1) is 11.0. The lowest BCUT2D eigenvalue weighted by molar-refractivity contribution is 0.0972. The van der Waals surface area contributed by atoms with Gasteiger partial charge in [0.25, 0.3) is 0 Å². The van der Waals surface area contributed by atoms with Gasteiger partial charge in [-0.3, -0.25) is 0 Å². The molecule has 78 valence electrons. The molecule has 0 heterocycles. The van der Waals surface area contributed by atoms with Crippen molar-refractivity contribution < 1.29 is 5.11 Å². The Bertz CT molecular complexity index is 163. The zero-order chi connectivity index (χ0) is 9.90. The van der Waals surface area contributed by atoms with E-state index < -0.39 is 0 Å². The van der Waals surface area contributed by atoms with Crippen LogP contribution in [0.3, 0.4) is 0 Å². The summed E-state index contributed by atoms with van der Waals surface area (Å²) in [5, 5.41) is 9.18. The molecule has 3 heteroatoms. The second-order valence-electron chi connectivity index (χ2n) is 4.34. The van der Waals surface area contributed by atoms with Gasteiger partial charge in [-0.1, -0.05) is 6.92 Å². The van der Waals surface area contributed by atoms with Gasteiger partial charge in [0, 0.05) is 11.6 Å². The van der Waals surface area contributed by atoms with E-state index in [9.17, 15) is 5.11 Å². The van der Waals surface area contributed by atoms with Crippen LogP contribution in [0.1, 0.15) is 32.6 Å². The van der Waals surface area contributed by atoms with Crippen molar-refractivity contribution in [2.45, 2.75) is 44.2 Å². The highest BCUT2D eigenvalue weighted by molar-refractivity contribution is 4.93. The Balaban J connectivity index is 2.51. The summed E-state index contributed by atoms with van der Waals surface area (Å²) in [7, 11) is 2.13. The first-order valence-electron chi connectivity index (χ1n) is 5.21. The molecule has 3 nitrogen and oxygen atoms in total. The van der Waals surface area contributed by atoms with Gasteiger partial charge in [0.2, 0.25) is 0 Å². The summed E-state index contributed by atoms with van der Waals surface area (Å²) in [6.45, 7) is 3.35. The molecule has 3 N–H and O–H groups in total. The van der Waals surface area contributed by atoms with Gasteiger partial charge < -0.3 is 15.7 Å². The van der Waals surface area contributed by atoms with E-state index in [0.717, 1.165) is 25.8 Å². The van der Waals surface area contributed by atoms with Crippen LogP contribution in [0, 0.1) is 0 Å². The molecule has 1 aliphatic rings. The summed E-state index contributed by atoms with van der Waals surface area (Å²) in [5.74, 6) is 0. The molecule has 0 radical (unpaired) electrons. The Morgan fingerprint density at radius 2 is 2.31 bits per heavy atom. The maximum atomic E-state index is 9.18. The van der Waals surface area contributed by atoms with Crippen molar-refractivity contribution in [1.82, 2.24) is 4.90 Å². The quantitative estimate of drug-likeness (QED) is 0.677. The number of rotatable bonds is 3. The van der Waals surface area contributed by atoms with Gasteiger partial charge in [-0.05, 0) is 39.3 Å². The molecule has 0 aromatic carbocycles. The van der Waals surface area contributed by atoms with Crippen LogP contribution in [0.25, 0.3) is 0 Å². The topological polar surface area (TPSA) is 49.5 Å². The third-order valence-electron chi connectivity index (χ3n) is 3.29. The van der Waals surface area contributed by atoms with Crippen LogP contribution < -0.4 is 5.73 Å². The first-order valence-corrected chi connectivity index (χ1v) is 5.21. The highest BCUT2D eigenvalue weighted by Gasteiger charge is 2.33. The number of nitrogens with zero attached hydrogens (tertiary/aromatic N) is 1. The summed E-state index contributed by atoms with van der Waals surface area (Å²) in [5.41, 5.74) is 5.75. The van der Waals surface area contributed by atoms with Crippen LogP contribution in [0.15, 0.2) is 0 Å². The molecule has 0 spiro atoms. The molecular formula is C10H22N2O. The minimum absolute atomic E-state index is 0.126. The van der Waals surface area contributed by atoms with Crippen molar-refractivity contribution in [3.8, 4) is 0 Å². The van der Waals surface area contributed by atoms with E-state index in [1.807, 2.05) is 0 Å². The highest BCUT2D eigenvalue weighted by Crippen LogP contribution is 2.28. The zero-order valence-corrected chi connectivity index (χ0v) is 8.79. The zero-order valence-electron chi connectivity index (χ0n) is 8.79. The summed E-state index contributed by atoms with van der Waals surface area (Å²) >= 11 is 0. The fourth-order valence-corrected chi connectivity index (χ4v) is 2.14. The summed E-state index contributed by atoms with van der Waals surface area (Å²) in [6, 6.07) is 0.566. The van der Waals surface area contributed by atoms with Crippen molar-refractivity contribution in [3.05, 3.63) is 0 Å². The molecular weight excluding hydrogens is 164 g/mol. The average Bonchev–Trinajstić information content (AvgIpc) is 2.17. The van der Waals surface area contributed by atoms with E-state index in [1.165, 1.54) is 6.42 Å². The van der Waals surface area contributed by atoms with Gasteiger partial charge in [-0.25, -0.2) is 0 Å². The van der Waals surface area contributed by atoms with Crippen LogP contribution >= 0.6 is 0 Å². The lowest BCUT2D eigenvalue weighted by atomic mass is 9.80. The van der Waals surface area contributed by atoms with Crippen molar-refractivity contribution in [1.29, 1.82) is 0 Å². The van der Waals surface area contributed by atoms with Gasteiger partial charge in [0.05, 0.1) is 6.61 Å². The van der Waals surface area contributed by atoms with Gasteiger partial charge in [0.1, 0.15) is 0 Å². The van der Waals surface area contributed by atoms with Crippen molar-refractivity contribution in [2.75, 3.05) is 20.2 Å². The Morgan fingerprint density at radius 3 is 2.85 bits per heavy atom. The van der Waals surface area contributed by atoms with Crippen molar-refractivity contribution in [2.24, 2.45) is 5.73 Å². The predicted molar refractivity (Wildman–Crippen MR) is 54.6 cm³/mol. The predicted octanol–water partition coefficient (Wildman–Crippen LogP) is 0.571. The van der Waals surface area contributed by atoms with Gasteiger partial charge >= 0.3 is 0 Å². The standard InChI is InChI=1S/C10H22N2O/c1-3-12(2)9-5-4-6-10(11,7-9)8-13/h9,13H,3-8,11H2,1-2H3. The summed E-state index contributed by atoms with van der Waals surface area (Å²) < 4.78 is 0. The second-order valence-corrected chi connectivity index (χ2v) is 4.34. The molecule has 1 rings (SSSR count). The number of hydrogen-bond acceptors (Lipinski definition) is 3. The van der Waals surface area contributed by atoms with E-state index in [0.29, 0.717) is 6.04 Å². The number of hydrogen-bond donors (Lipinski definition) is 2. The molecule has 2 atom stereocenters. The molecule has 1 saturated carbocycles. The Kier molecular flexibility index (Phi) is 3.71. The first-order chi connectivity index (χ1) is 6.11. The minimum atomic E-state index is -0.313. The van der Waals surface area contributed by atoms with Crippen LogP contribution in [-0.2, 0) is 0 Å². The molecule has 0 bridgehead atoms. The van der Waals surface area contributed by atoms with Crippen molar-refractivity contribution >= 4 is 0 Å². The molecule has 0 aliphatic heterocycles. The normalized spacial score (nSPS) is 35.3. The van der Waals surface area contributed by atoms with Gasteiger partial charge in [-0.2, -0.15) is 0 Å². The SMILES string of the molecule is CCN(C)C1CCCC(N)(CO)C1. The highest BCUT2D eigenvalue weighted by atomic mass is 16.3.